The van der Waals surface area contributed by atoms with Crippen LogP contribution in [0.15, 0.2) is 48.9 Å². The van der Waals surface area contributed by atoms with Gasteiger partial charge in [0.1, 0.15) is 0 Å². The number of carbonyl (C=O) groups excluding carboxylic acids is 1. The molecule has 9 heteroatoms. The third-order valence-corrected chi connectivity index (χ3v) is 6.56. The van der Waals surface area contributed by atoms with Crippen LogP contribution in [0, 0.1) is 12.3 Å². The van der Waals surface area contributed by atoms with Crippen LogP contribution in [0.5, 0.6) is 0 Å². The van der Waals surface area contributed by atoms with Gasteiger partial charge in [0.15, 0.2) is 0 Å². The summed E-state index contributed by atoms with van der Waals surface area (Å²) < 4.78 is 40.5. The Hall–Kier alpha value is -3.25. The highest BCUT2D eigenvalue weighted by atomic mass is 19.4. The first-order valence-electron chi connectivity index (χ1n) is 11.4. The summed E-state index contributed by atoms with van der Waals surface area (Å²) >= 11 is 0. The molecule has 1 aromatic carbocycles. The van der Waals surface area contributed by atoms with Crippen molar-refractivity contribution in [2.24, 2.45) is 0 Å². The maximum atomic E-state index is 12.8. The molecule has 0 unspecified atom stereocenters. The molecule has 34 heavy (non-hydrogen) atoms. The number of hydrogen-bond acceptors (Lipinski definition) is 4. The van der Waals surface area contributed by atoms with E-state index in [0.29, 0.717) is 17.8 Å². The number of likely N-dealkylation sites (tertiary alicyclic amines) is 1. The van der Waals surface area contributed by atoms with Gasteiger partial charge >= 0.3 is 6.18 Å². The van der Waals surface area contributed by atoms with Crippen LogP contribution in [0.3, 0.4) is 0 Å². The molecule has 2 fully saturated rings. The number of amides is 1. The molecule has 1 aromatic heterocycles. The van der Waals surface area contributed by atoms with E-state index in [9.17, 15) is 18.0 Å². The van der Waals surface area contributed by atoms with Gasteiger partial charge in [-0.15, -0.1) is 6.42 Å². The molecular formula is C25H28F3N5O. The molecule has 0 spiro atoms. The predicted molar refractivity (Wildman–Crippen MR) is 123 cm³/mol. The van der Waals surface area contributed by atoms with E-state index in [2.05, 4.69) is 33.1 Å². The molecule has 2 N–H and O–H groups in total. The molecule has 4 rings (SSSR count). The standard InChI is InChI=1S/C25H28F3N5O/c1-3-18-13-30-33(14-18)23-9-7-22(8-10-23)32-15-21(16-32)31-17(2)12-29-24(34)19-5-4-6-20(11-19)25(26,27)28/h1,4-6,11,13-14,21-23,31H,2,7-10,12,15-16H2,(H,29,34)/t22-,23+. The minimum absolute atomic E-state index is 0.0290. The lowest BCUT2D eigenvalue weighted by molar-refractivity contribution is -0.137. The van der Waals surface area contributed by atoms with E-state index in [0.717, 1.165) is 56.5 Å². The Kier molecular flexibility index (Phi) is 6.98. The number of halogens is 3. The fourth-order valence-electron chi connectivity index (χ4n) is 4.67. The van der Waals surface area contributed by atoms with Gasteiger partial charge in [0.2, 0.25) is 0 Å². The van der Waals surface area contributed by atoms with Crippen LogP contribution in [0.25, 0.3) is 0 Å². The summed E-state index contributed by atoms with van der Waals surface area (Å²) in [6.45, 7) is 5.90. The summed E-state index contributed by atoms with van der Waals surface area (Å²) in [6, 6.07) is 5.58. The molecule has 1 amide bonds. The van der Waals surface area contributed by atoms with Crippen molar-refractivity contribution in [1.29, 1.82) is 0 Å². The third kappa shape index (κ3) is 5.62. The summed E-state index contributed by atoms with van der Waals surface area (Å²) in [5, 5.41) is 10.3. The SMILES string of the molecule is C#Cc1cnn([C@H]2CC[C@@H](N3CC(NC(=C)CNC(=O)c4cccc(C(F)(F)F)c4)C3)CC2)c1. The highest BCUT2D eigenvalue weighted by molar-refractivity contribution is 5.94. The minimum atomic E-state index is -4.48. The Morgan fingerprint density at radius 3 is 2.56 bits per heavy atom. The van der Waals surface area contributed by atoms with Gasteiger partial charge in [-0.1, -0.05) is 18.6 Å². The van der Waals surface area contributed by atoms with Crippen molar-refractivity contribution < 1.29 is 18.0 Å². The highest BCUT2D eigenvalue weighted by Gasteiger charge is 2.35. The molecule has 0 bridgehead atoms. The number of benzene rings is 1. The molecule has 1 aliphatic carbocycles. The molecule has 0 atom stereocenters. The number of nitrogens with zero attached hydrogens (tertiary/aromatic N) is 3. The van der Waals surface area contributed by atoms with Crippen LogP contribution >= 0.6 is 0 Å². The molecule has 1 saturated heterocycles. The quantitative estimate of drug-likeness (QED) is 0.606. The number of nitrogens with one attached hydrogen (secondary N) is 2. The summed E-state index contributed by atoms with van der Waals surface area (Å²) in [4.78, 5) is 14.7. The number of carbonyl (C=O) groups is 1. The Labute approximate surface area is 197 Å². The lowest BCUT2D eigenvalue weighted by Gasteiger charge is -2.47. The average Bonchev–Trinajstić information content (AvgIpc) is 3.28. The lowest BCUT2D eigenvalue weighted by atomic mass is 9.88. The number of aromatic nitrogens is 2. The number of terminal acetylenes is 1. The van der Waals surface area contributed by atoms with Crippen LogP contribution < -0.4 is 10.6 Å². The molecule has 2 heterocycles. The van der Waals surface area contributed by atoms with Crippen molar-refractivity contribution in [2.45, 2.75) is 50.0 Å². The first kappa shape index (κ1) is 23.9. The lowest BCUT2D eigenvalue weighted by Crippen LogP contribution is -2.61. The van der Waals surface area contributed by atoms with Gasteiger partial charge in [-0.25, -0.2) is 0 Å². The fourth-order valence-corrected chi connectivity index (χ4v) is 4.67. The van der Waals surface area contributed by atoms with Crippen molar-refractivity contribution in [2.75, 3.05) is 19.6 Å². The molecule has 0 radical (unpaired) electrons. The van der Waals surface area contributed by atoms with E-state index in [-0.39, 0.29) is 18.2 Å². The van der Waals surface area contributed by atoms with Gasteiger partial charge < -0.3 is 10.6 Å². The Morgan fingerprint density at radius 2 is 1.91 bits per heavy atom. The molecule has 180 valence electrons. The molecule has 2 aromatic rings. The van der Waals surface area contributed by atoms with Gasteiger partial charge in [-0.05, 0) is 43.9 Å². The van der Waals surface area contributed by atoms with Gasteiger partial charge in [-0.2, -0.15) is 18.3 Å². The Balaban J connectivity index is 1.16. The van der Waals surface area contributed by atoms with E-state index in [1.54, 1.807) is 6.20 Å². The van der Waals surface area contributed by atoms with E-state index in [4.69, 9.17) is 6.42 Å². The zero-order valence-electron chi connectivity index (χ0n) is 18.8. The third-order valence-electron chi connectivity index (χ3n) is 6.56. The highest BCUT2D eigenvalue weighted by Crippen LogP contribution is 2.33. The Bertz CT molecular complexity index is 1070. The topological polar surface area (TPSA) is 62.2 Å². The summed E-state index contributed by atoms with van der Waals surface area (Å²) in [5.41, 5.74) is 0.572. The number of rotatable bonds is 7. The largest absolute Gasteiger partial charge is 0.416 e. The van der Waals surface area contributed by atoms with Crippen molar-refractivity contribution >= 4 is 5.91 Å². The van der Waals surface area contributed by atoms with Crippen LogP contribution in [-0.4, -0.2) is 52.3 Å². The van der Waals surface area contributed by atoms with Crippen molar-refractivity contribution in [3.8, 4) is 12.3 Å². The summed E-state index contributed by atoms with van der Waals surface area (Å²) in [7, 11) is 0. The van der Waals surface area contributed by atoms with Crippen LogP contribution in [0.1, 0.15) is 53.2 Å². The van der Waals surface area contributed by atoms with Gasteiger partial charge in [0.05, 0.1) is 36.0 Å². The normalized spacial score (nSPS) is 21.4. The van der Waals surface area contributed by atoms with Crippen LogP contribution in [-0.2, 0) is 6.18 Å². The zero-order valence-corrected chi connectivity index (χ0v) is 18.8. The zero-order chi connectivity index (χ0) is 24.3. The van der Waals surface area contributed by atoms with E-state index in [1.165, 1.54) is 12.1 Å². The van der Waals surface area contributed by atoms with E-state index < -0.39 is 17.6 Å². The minimum Gasteiger partial charge on any atom is -0.382 e. The monoisotopic (exact) mass is 471 g/mol. The fraction of sp³-hybridized carbons (Fsp3) is 0.440. The van der Waals surface area contributed by atoms with Crippen molar-refractivity contribution in [1.82, 2.24) is 25.3 Å². The Morgan fingerprint density at radius 1 is 1.21 bits per heavy atom. The van der Waals surface area contributed by atoms with Crippen molar-refractivity contribution in [3.63, 3.8) is 0 Å². The van der Waals surface area contributed by atoms with Crippen molar-refractivity contribution in [3.05, 3.63) is 65.6 Å². The first-order valence-corrected chi connectivity index (χ1v) is 11.4. The van der Waals surface area contributed by atoms with Gasteiger partial charge in [0, 0.05) is 36.6 Å². The predicted octanol–water partition coefficient (Wildman–Crippen LogP) is 3.58. The first-order chi connectivity index (χ1) is 16.2. The smallest absolute Gasteiger partial charge is 0.382 e. The summed E-state index contributed by atoms with van der Waals surface area (Å²) in [5.74, 6) is 2.05. The molecule has 1 aliphatic heterocycles. The van der Waals surface area contributed by atoms with Crippen LogP contribution in [0.2, 0.25) is 0 Å². The molecular weight excluding hydrogens is 443 g/mol. The maximum Gasteiger partial charge on any atom is 0.416 e. The van der Waals surface area contributed by atoms with Gasteiger partial charge in [-0.3, -0.25) is 14.4 Å². The average molecular weight is 472 g/mol. The molecule has 1 saturated carbocycles. The second-order valence-corrected chi connectivity index (χ2v) is 8.98. The number of hydrogen-bond donors (Lipinski definition) is 2. The second kappa shape index (κ2) is 9.94. The second-order valence-electron chi connectivity index (χ2n) is 8.98. The van der Waals surface area contributed by atoms with E-state index in [1.807, 2.05) is 10.9 Å². The van der Waals surface area contributed by atoms with Crippen LogP contribution in [0.4, 0.5) is 13.2 Å². The van der Waals surface area contributed by atoms with Gasteiger partial charge in [0.25, 0.3) is 5.91 Å². The molecule has 6 nitrogen and oxygen atoms in total. The molecule has 2 aliphatic rings. The maximum absolute atomic E-state index is 12.8. The van der Waals surface area contributed by atoms with E-state index >= 15 is 0 Å². The number of alkyl halides is 3. The summed E-state index contributed by atoms with van der Waals surface area (Å²) in [6.07, 6.45) is 8.96.